The normalized spacial score (nSPS) is 21.5. The van der Waals surface area contributed by atoms with E-state index in [1.807, 2.05) is 6.92 Å². The van der Waals surface area contributed by atoms with Crippen LogP contribution in [0.25, 0.3) is 0 Å². The van der Waals surface area contributed by atoms with Crippen LogP contribution in [0, 0.1) is 38.0 Å². The maximum Gasteiger partial charge on any atom is 0.275 e. The van der Waals surface area contributed by atoms with E-state index in [1.165, 1.54) is 24.3 Å². The molecular formula is C23H21ClN4O7. The lowest BCUT2D eigenvalue weighted by molar-refractivity contribution is -0.385. The Morgan fingerprint density at radius 3 is 2.31 bits per heavy atom. The summed E-state index contributed by atoms with van der Waals surface area (Å²) in [5, 5.41) is 24.4. The Labute approximate surface area is 204 Å². The number of amides is 3. The fourth-order valence-electron chi connectivity index (χ4n) is 4.72. The van der Waals surface area contributed by atoms with Crippen molar-refractivity contribution >= 4 is 40.7 Å². The van der Waals surface area contributed by atoms with Gasteiger partial charge in [0.25, 0.3) is 29.1 Å². The van der Waals surface area contributed by atoms with E-state index >= 15 is 0 Å². The van der Waals surface area contributed by atoms with Crippen LogP contribution >= 0.6 is 11.6 Å². The number of imide groups is 1. The number of benzene rings is 2. The lowest BCUT2D eigenvalue weighted by Gasteiger charge is -2.30. The van der Waals surface area contributed by atoms with Crippen LogP contribution in [0.3, 0.4) is 0 Å². The third kappa shape index (κ3) is 4.59. The molecule has 1 aliphatic carbocycles. The Morgan fingerprint density at radius 1 is 1.03 bits per heavy atom. The standard InChI is InChI=1S/C23H21ClN4O7/c1-13-2-9-18-19(10-13)23(31)26(22(18)30)25(12-15-3-6-16(24)11-20(15)28(34)35)21(29)14-4-7-17(8-5-14)27(32)33/h3-8,11,13,18-19H,2,9-10,12H2,1H3/t13-,18-,19-/m1/s1. The van der Waals surface area contributed by atoms with Crippen LogP contribution in [0.2, 0.25) is 5.02 Å². The minimum atomic E-state index is -0.794. The van der Waals surface area contributed by atoms with Gasteiger partial charge in [0.15, 0.2) is 0 Å². The molecule has 0 bridgehead atoms. The number of nitro groups is 2. The van der Waals surface area contributed by atoms with Gasteiger partial charge in [0.05, 0.1) is 33.8 Å². The molecule has 2 aromatic rings. The van der Waals surface area contributed by atoms with E-state index < -0.39 is 45.9 Å². The average Bonchev–Trinajstić information content (AvgIpc) is 3.07. The zero-order chi connectivity index (χ0) is 25.4. The van der Waals surface area contributed by atoms with Crippen molar-refractivity contribution in [3.63, 3.8) is 0 Å². The zero-order valence-electron chi connectivity index (χ0n) is 18.6. The minimum Gasteiger partial charge on any atom is -0.272 e. The molecule has 3 amide bonds. The first-order chi connectivity index (χ1) is 16.6. The smallest absolute Gasteiger partial charge is 0.272 e. The summed E-state index contributed by atoms with van der Waals surface area (Å²) in [5.41, 5.74) is -0.562. The van der Waals surface area contributed by atoms with Gasteiger partial charge < -0.3 is 0 Å². The largest absolute Gasteiger partial charge is 0.275 e. The van der Waals surface area contributed by atoms with Gasteiger partial charge in [-0.05, 0) is 49.4 Å². The molecule has 4 rings (SSSR count). The molecule has 0 radical (unpaired) electrons. The highest BCUT2D eigenvalue weighted by atomic mass is 35.5. The van der Waals surface area contributed by atoms with Crippen LogP contribution in [-0.4, -0.2) is 37.6 Å². The minimum absolute atomic E-state index is 0.0175. The van der Waals surface area contributed by atoms with Crippen LogP contribution in [-0.2, 0) is 16.1 Å². The monoisotopic (exact) mass is 500 g/mol. The van der Waals surface area contributed by atoms with Gasteiger partial charge in [-0.2, -0.15) is 5.01 Å². The quantitative estimate of drug-likeness (QED) is 0.329. The highest BCUT2D eigenvalue weighted by Crippen LogP contribution is 2.41. The van der Waals surface area contributed by atoms with Crippen molar-refractivity contribution < 1.29 is 24.2 Å². The summed E-state index contributed by atoms with van der Waals surface area (Å²) >= 11 is 5.91. The fraction of sp³-hybridized carbons (Fsp3) is 0.348. The fourth-order valence-corrected chi connectivity index (χ4v) is 4.89. The first kappa shape index (κ1) is 24.3. The van der Waals surface area contributed by atoms with Gasteiger partial charge in [0.2, 0.25) is 0 Å². The van der Waals surface area contributed by atoms with Crippen molar-refractivity contribution in [1.82, 2.24) is 10.0 Å². The summed E-state index contributed by atoms with van der Waals surface area (Å²) in [6.07, 6.45) is 1.78. The number of hydrogen-bond donors (Lipinski definition) is 0. The van der Waals surface area contributed by atoms with Gasteiger partial charge >= 0.3 is 0 Å². The highest BCUT2D eigenvalue weighted by molar-refractivity contribution is 6.30. The van der Waals surface area contributed by atoms with E-state index in [2.05, 4.69) is 0 Å². The van der Waals surface area contributed by atoms with Crippen molar-refractivity contribution in [1.29, 1.82) is 0 Å². The van der Waals surface area contributed by atoms with E-state index in [0.717, 1.165) is 34.6 Å². The molecule has 2 fully saturated rings. The molecular weight excluding hydrogens is 480 g/mol. The van der Waals surface area contributed by atoms with Gasteiger partial charge in [0.1, 0.15) is 0 Å². The Balaban J connectivity index is 1.76. The third-order valence-electron chi connectivity index (χ3n) is 6.53. The predicted octanol–water partition coefficient (Wildman–Crippen LogP) is 4.14. The van der Waals surface area contributed by atoms with E-state index in [4.69, 9.17) is 11.6 Å². The molecule has 0 aromatic heterocycles. The maximum atomic E-state index is 13.5. The molecule has 2 aliphatic rings. The van der Waals surface area contributed by atoms with Crippen molar-refractivity contribution in [3.05, 3.63) is 78.8 Å². The summed E-state index contributed by atoms with van der Waals surface area (Å²) in [7, 11) is 0. The van der Waals surface area contributed by atoms with Crippen LogP contribution in [0.5, 0.6) is 0 Å². The van der Waals surface area contributed by atoms with E-state index in [9.17, 15) is 34.6 Å². The van der Waals surface area contributed by atoms with Crippen LogP contribution in [0.4, 0.5) is 11.4 Å². The molecule has 3 atom stereocenters. The van der Waals surface area contributed by atoms with Crippen molar-refractivity contribution in [3.8, 4) is 0 Å². The zero-order valence-corrected chi connectivity index (χ0v) is 19.4. The number of halogens is 1. The molecule has 0 spiro atoms. The Kier molecular flexibility index (Phi) is 6.53. The van der Waals surface area contributed by atoms with Crippen molar-refractivity contribution in [2.45, 2.75) is 32.7 Å². The lowest BCUT2D eigenvalue weighted by atomic mass is 9.76. The molecule has 0 unspecified atom stereocenters. The topological polar surface area (TPSA) is 144 Å². The lowest BCUT2D eigenvalue weighted by Crippen LogP contribution is -2.49. The van der Waals surface area contributed by atoms with E-state index in [0.29, 0.717) is 12.8 Å². The Bertz CT molecular complexity index is 1230. The third-order valence-corrected chi connectivity index (χ3v) is 6.76. The number of fused-ring (bicyclic) bond motifs is 1. The van der Waals surface area contributed by atoms with Gasteiger partial charge in [0, 0.05) is 28.8 Å². The molecule has 1 saturated carbocycles. The summed E-state index contributed by atoms with van der Waals surface area (Å²) in [5.74, 6) is -2.75. The first-order valence-electron chi connectivity index (χ1n) is 10.9. The molecule has 0 N–H and O–H groups in total. The van der Waals surface area contributed by atoms with Crippen LogP contribution in [0.15, 0.2) is 42.5 Å². The van der Waals surface area contributed by atoms with Crippen molar-refractivity contribution in [2.24, 2.45) is 17.8 Å². The number of hydrogen-bond acceptors (Lipinski definition) is 7. The Hall–Kier alpha value is -3.86. The highest BCUT2D eigenvalue weighted by Gasteiger charge is 2.52. The van der Waals surface area contributed by atoms with E-state index in [1.54, 1.807) is 0 Å². The van der Waals surface area contributed by atoms with Crippen molar-refractivity contribution in [2.75, 3.05) is 0 Å². The molecule has 1 saturated heterocycles. The van der Waals surface area contributed by atoms with Gasteiger partial charge in [-0.3, -0.25) is 34.6 Å². The van der Waals surface area contributed by atoms with Gasteiger partial charge in [-0.15, -0.1) is 0 Å². The number of carbonyl (C=O) groups excluding carboxylic acids is 3. The van der Waals surface area contributed by atoms with Crippen LogP contribution in [0.1, 0.15) is 42.1 Å². The van der Waals surface area contributed by atoms with E-state index in [-0.39, 0.29) is 33.4 Å². The molecule has 2 aromatic carbocycles. The number of rotatable bonds is 6. The summed E-state index contributed by atoms with van der Waals surface area (Å²) < 4.78 is 0. The molecule has 35 heavy (non-hydrogen) atoms. The van der Waals surface area contributed by atoms with Gasteiger partial charge in [-0.25, -0.2) is 5.01 Å². The predicted molar refractivity (Wildman–Crippen MR) is 123 cm³/mol. The number of carbonyl (C=O) groups is 3. The number of non-ortho nitro benzene ring substituents is 1. The molecule has 1 heterocycles. The molecule has 11 nitrogen and oxygen atoms in total. The average molecular weight is 501 g/mol. The maximum absolute atomic E-state index is 13.5. The number of hydrazine groups is 1. The first-order valence-corrected chi connectivity index (χ1v) is 11.3. The summed E-state index contributed by atoms with van der Waals surface area (Å²) in [4.78, 5) is 61.5. The Morgan fingerprint density at radius 2 is 1.69 bits per heavy atom. The molecule has 1 aliphatic heterocycles. The second-order valence-electron chi connectivity index (χ2n) is 8.82. The summed E-state index contributed by atoms with van der Waals surface area (Å²) in [6.45, 7) is 1.54. The van der Waals surface area contributed by atoms with Crippen LogP contribution < -0.4 is 0 Å². The SMILES string of the molecule is C[C@@H]1CC[C@H]2C(=O)N(N(Cc3ccc(Cl)cc3[N+](=O)[O-])C(=O)c3ccc([N+](=O)[O-])cc3)C(=O)[C@@H]2C1. The second kappa shape index (κ2) is 9.41. The number of nitro benzene ring substituents is 2. The van der Waals surface area contributed by atoms with Gasteiger partial charge in [-0.1, -0.05) is 18.5 Å². The number of nitrogens with zero attached hydrogens (tertiary/aromatic N) is 4. The summed E-state index contributed by atoms with van der Waals surface area (Å²) in [6, 6.07) is 8.58. The molecule has 182 valence electrons. The second-order valence-corrected chi connectivity index (χ2v) is 9.25. The molecule has 12 heteroatoms.